The normalized spacial score (nSPS) is 24.3. The third kappa shape index (κ3) is 2.37. The Balaban J connectivity index is 0.00000121. The summed E-state index contributed by atoms with van der Waals surface area (Å²) < 4.78 is 5.47. The predicted molar refractivity (Wildman–Crippen MR) is 74.2 cm³/mol. The number of hydrogen-bond acceptors (Lipinski definition) is 3. The zero-order valence-electron chi connectivity index (χ0n) is 11.5. The molecule has 6 heteroatoms. The van der Waals surface area contributed by atoms with Crippen molar-refractivity contribution in [2.45, 2.75) is 12.8 Å². The fourth-order valence-corrected chi connectivity index (χ4v) is 3.11. The third-order valence-electron chi connectivity index (χ3n) is 4.09. The Kier molecular flexibility index (Phi) is 4.26. The molecule has 0 aromatic carbocycles. The minimum atomic E-state index is -0.871. The Bertz CT molecular complexity index is 679. The van der Waals surface area contributed by atoms with Crippen LogP contribution in [-0.2, 0) is 0 Å². The summed E-state index contributed by atoms with van der Waals surface area (Å²) in [4.78, 5) is 7.43. The molecular formula is C14H14BN2O2Rb. The molecule has 2 N–H and O–H groups in total. The zero-order chi connectivity index (χ0) is 13.0. The number of nitrogens with zero attached hydrogens (tertiary/aromatic N) is 1. The standard InChI is InChI=1S/C14H14BN2O2.Rb/c1-8-4-9(5-8)11-6-15(18)19-12-7-17-14-10(13(11)12)2-3-16-14;/h2-3,6-9,18H,1,4-5H2,(H,16,17);/q-1;+1. The predicted octanol–water partition coefficient (Wildman–Crippen LogP) is -0.777. The van der Waals surface area contributed by atoms with Gasteiger partial charge in [-0.05, 0) is 23.5 Å². The Morgan fingerprint density at radius 2 is 2.25 bits per heavy atom. The van der Waals surface area contributed by atoms with Gasteiger partial charge in [0, 0.05) is 17.1 Å². The number of fused-ring (bicyclic) bond motifs is 3. The summed E-state index contributed by atoms with van der Waals surface area (Å²) in [5, 5.41) is 10.9. The van der Waals surface area contributed by atoms with Gasteiger partial charge in [0.2, 0.25) is 0 Å². The third-order valence-corrected chi connectivity index (χ3v) is 4.09. The molecule has 4 rings (SSSR count). The number of aromatic amines is 1. The quantitative estimate of drug-likeness (QED) is 0.530. The molecule has 1 aliphatic heterocycles. The van der Waals surface area contributed by atoms with Gasteiger partial charge >= 0.3 is 65.3 Å². The second-order valence-corrected chi connectivity index (χ2v) is 5.40. The molecule has 3 heterocycles. The van der Waals surface area contributed by atoms with Gasteiger partial charge in [-0.1, -0.05) is 12.8 Å². The van der Waals surface area contributed by atoms with Crippen LogP contribution in [0.1, 0.15) is 18.4 Å². The number of H-pyrrole nitrogens is 1. The number of aromatic nitrogens is 2. The molecule has 1 fully saturated rings. The first kappa shape index (κ1) is 15.0. The van der Waals surface area contributed by atoms with Gasteiger partial charge in [0.15, 0.2) is 0 Å². The van der Waals surface area contributed by atoms with E-state index in [0.717, 1.165) is 29.4 Å². The summed E-state index contributed by atoms with van der Waals surface area (Å²) in [6.07, 6.45) is 5.72. The molecule has 0 atom stereocenters. The van der Waals surface area contributed by atoms with Crippen molar-refractivity contribution < 1.29 is 67.9 Å². The number of rotatable bonds is 1. The minimum Gasteiger partial charge on any atom is -0.531 e. The van der Waals surface area contributed by atoms with E-state index in [9.17, 15) is 5.02 Å². The first-order valence-electron chi connectivity index (χ1n) is 6.58. The van der Waals surface area contributed by atoms with Crippen LogP contribution in [-0.4, -0.2) is 22.1 Å². The monoisotopic (exact) mass is 338 g/mol. The van der Waals surface area contributed by atoms with Crippen molar-refractivity contribution in [2.75, 3.05) is 0 Å². The van der Waals surface area contributed by atoms with Gasteiger partial charge in [-0.3, -0.25) is 0 Å². The number of pyridine rings is 1. The Morgan fingerprint density at radius 1 is 1.45 bits per heavy atom. The molecule has 96 valence electrons. The molecule has 2 aromatic heterocycles. The van der Waals surface area contributed by atoms with Crippen molar-refractivity contribution in [1.82, 2.24) is 9.97 Å². The van der Waals surface area contributed by atoms with Crippen LogP contribution in [0.2, 0.25) is 0 Å². The molecular weight excluding hydrogens is 324 g/mol. The molecule has 2 aliphatic rings. The van der Waals surface area contributed by atoms with Crippen molar-refractivity contribution in [3.05, 3.63) is 36.9 Å². The zero-order valence-corrected chi connectivity index (χ0v) is 16.4. The number of nitrogens with one attached hydrogen (secondary N) is 1. The van der Waals surface area contributed by atoms with E-state index in [1.54, 1.807) is 6.20 Å². The molecule has 0 saturated heterocycles. The number of hydrogen-bond donors (Lipinski definition) is 2. The maximum atomic E-state index is 9.83. The second kappa shape index (κ2) is 5.69. The van der Waals surface area contributed by atoms with Crippen molar-refractivity contribution in [1.29, 1.82) is 0 Å². The topological polar surface area (TPSA) is 58.1 Å². The second-order valence-electron chi connectivity index (χ2n) is 5.40. The summed E-state index contributed by atoms with van der Waals surface area (Å²) >= 11 is 0. The molecule has 4 nitrogen and oxygen atoms in total. The van der Waals surface area contributed by atoms with Crippen LogP contribution in [0.15, 0.2) is 24.4 Å². The van der Waals surface area contributed by atoms with Crippen LogP contribution in [0.25, 0.3) is 16.6 Å². The van der Waals surface area contributed by atoms with Crippen molar-refractivity contribution in [2.24, 2.45) is 11.8 Å². The van der Waals surface area contributed by atoms with E-state index in [2.05, 4.69) is 16.9 Å². The van der Waals surface area contributed by atoms with Crippen LogP contribution in [0, 0.1) is 18.8 Å². The van der Waals surface area contributed by atoms with Crippen LogP contribution >= 0.6 is 0 Å². The molecule has 0 bridgehead atoms. The molecule has 2 aromatic rings. The SMILES string of the molecule is [CH2-]C1CC(C2=CB(O)Oc3cnc4[nH]ccc4c32)C1.[Rb+]. The molecule has 1 aliphatic carbocycles. The van der Waals surface area contributed by atoms with E-state index >= 15 is 0 Å². The summed E-state index contributed by atoms with van der Waals surface area (Å²) in [6, 6.07) is 2.01. The van der Waals surface area contributed by atoms with Crippen molar-refractivity contribution in [3.8, 4) is 5.75 Å². The smallest absolute Gasteiger partial charge is 0.531 e. The van der Waals surface area contributed by atoms with E-state index in [1.807, 2.05) is 18.2 Å². The van der Waals surface area contributed by atoms with Gasteiger partial charge in [-0.15, -0.1) is 0 Å². The first-order chi connectivity index (χ1) is 9.22. The Hall–Kier alpha value is 0.0601. The van der Waals surface area contributed by atoms with E-state index in [1.165, 1.54) is 5.57 Å². The van der Waals surface area contributed by atoms with Gasteiger partial charge in [0.1, 0.15) is 11.4 Å². The average molecular weight is 339 g/mol. The molecule has 20 heavy (non-hydrogen) atoms. The summed E-state index contributed by atoms with van der Waals surface area (Å²) in [7, 11) is -0.871. The molecule has 0 radical (unpaired) electrons. The molecule has 0 amide bonds. The largest absolute Gasteiger partial charge is 1.00 e. The van der Waals surface area contributed by atoms with Crippen LogP contribution < -0.4 is 62.8 Å². The van der Waals surface area contributed by atoms with Crippen molar-refractivity contribution in [3.63, 3.8) is 0 Å². The fourth-order valence-electron chi connectivity index (χ4n) is 3.11. The summed E-state index contributed by atoms with van der Waals surface area (Å²) in [5.41, 5.74) is 3.12. The van der Waals surface area contributed by atoms with E-state index in [0.29, 0.717) is 17.6 Å². The van der Waals surface area contributed by atoms with Crippen LogP contribution in [0.4, 0.5) is 0 Å². The van der Waals surface area contributed by atoms with Crippen LogP contribution in [0.3, 0.4) is 0 Å². The Labute approximate surface area is 166 Å². The number of allylic oxidation sites excluding steroid dienone is 1. The van der Waals surface area contributed by atoms with Gasteiger partial charge < -0.3 is 21.6 Å². The molecule has 1 saturated carbocycles. The van der Waals surface area contributed by atoms with E-state index in [-0.39, 0.29) is 58.2 Å². The van der Waals surface area contributed by atoms with Gasteiger partial charge in [0.05, 0.1) is 6.20 Å². The molecule has 0 unspecified atom stereocenters. The summed E-state index contributed by atoms with van der Waals surface area (Å²) in [5.74, 6) is 3.49. The fraction of sp³-hybridized carbons (Fsp3) is 0.286. The van der Waals surface area contributed by atoms with Crippen LogP contribution in [0.5, 0.6) is 5.75 Å². The molecule has 0 spiro atoms. The maximum absolute atomic E-state index is 9.83. The first-order valence-corrected chi connectivity index (χ1v) is 6.58. The van der Waals surface area contributed by atoms with Crippen molar-refractivity contribution >= 4 is 23.7 Å². The van der Waals surface area contributed by atoms with E-state index < -0.39 is 7.12 Å². The van der Waals surface area contributed by atoms with Gasteiger partial charge in [-0.25, -0.2) is 4.98 Å². The average Bonchev–Trinajstić information content (AvgIpc) is 2.82. The maximum Gasteiger partial charge on any atom is 1.00 e. The summed E-state index contributed by atoms with van der Waals surface area (Å²) in [6.45, 7) is 4.08. The minimum absolute atomic E-state index is 0. The van der Waals surface area contributed by atoms with Gasteiger partial charge in [0.25, 0.3) is 0 Å². The van der Waals surface area contributed by atoms with E-state index in [4.69, 9.17) is 4.65 Å². The Morgan fingerprint density at radius 3 is 3.00 bits per heavy atom. The van der Waals surface area contributed by atoms with Gasteiger partial charge in [-0.2, -0.15) is 5.92 Å².